The Balaban J connectivity index is 0.000000165. The minimum absolute atomic E-state index is 0.0162. The van der Waals surface area contributed by atoms with Crippen LogP contribution in [0.25, 0.3) is 0 Å². The molecule has 22 heavy (non-hydrogen) atoms. The number of likely N-dealkylation sites (N-methyl/N-ethyl adjacent to an activating group) is 1. The molecule has 4 aliphatic heterocycles. The van der Waals surface area contributed by atoms with Crippen molar-refractivity contribution < 1.29 is 23.1 Å². The fraction of sp³-hybridized carbons (Fsp3) is 0.833. The van der Waals surface area contributed by atoms with Gasteiger partial charge in [0.15, 0.2) is 0 Å². The van der Waals surface area contributed by atoms with Crippen molar-refractivity contribution in [3.8, 4) is 0 Å². The summed E-state index contributed by atoms with van der Waals surface area (Å²) in [7, 11) is -0.627. The summed E-state index contributed by atoms with van der Waals surface area (Å²) in [5, 5.41) is 8.11. The van der Waals surface area contributed by atoms with Gasteiger partial charge in [-0.05, 0) is 19.3 Å². The van der Waals surface area contributed by atoms with Gasteiger partial charge in [0, 0.05) is 20.0 Å². The van der Waals surface area contributed by atoms with Gasteiger partial charge < -0.3 is 15.7 Å². The zero-order valence-electron chi connectivity index (χ0n) is 12.3. The molecule has 4 rings (SSSR count). The number of hydrogen-bond acceptors (Lipinski definition) is 7. The molecule has 3 N–H and O–H groups in total. The molecule has 4 saturated heterocycles. The molecule has 4 heterocycles. The summed E-state index contributed by atoms with van der Waals surface area (Å²) in [5.74, 6) is -0.888. The second-order valence-electron chi connectivity index (χ2n) is 5.76. The average molecular weight is 332 g/mol. The zero-order valence-corrected chi connectivity index (χ0v) is 13.1. The molecule has 4 aliphatic rings. The largest absolute Gasteiger partial charge is 0.480 e. The molecule has 1 spiro atoms. The zero-order chi connectivity index (χ0) is 16.5. The number of piperidine rings is 1. The van der Waals surface area contributed by atoms with Crippen LogP contribution in [-0.4, -0.2) is 73.1 Å². The van der Waals surface area contributed by atoms with E-state index >= 15 is 0 Å². The summed E-state index contributed by atoms with van der Waals surface area (Å²) in [6.07, 6.45) is 5.18. The van der Waals surface area contributed by atoms with Crippen molar-refractivity contribution in [1.82, 2.24) is 9.80 Å². The van der Waals surface area contributed by atoms with E-state index in [1.165, 1.54) is 12.8 Å². The molecule has 0 saturated carbocycles. The fourth-order valence-electron chi connectivity index (χ4n) is 3.36. The minimum atomic E-state index is -2.57. The molecular weight excluding hydrogens is 312 g/mol. The smallest absolute Gasteiger partial charge is 0.322 e. The predicted molar refractivity (Wildman–Crippen MR) is 76.3 cm³/mol. The number of fused-ring (bicyclic) bond motifs is 1. The lowest BCUT2D eigenvalue weighted by molar-refractivity contribution is -0.138. The van der Waals surface area contributed by atoms with Gasteiger partial charge in [0.1, 0.15) is 11.6 Å². The van der Waals surface area contributed by atoms with Crippen molar-refractivity contribution in [2.24, 2.45) is 10.1 Å². The molecule has 0 aromatic rings. The highest BCUT2D eigenvalue weighted by Gasteiger charge is 2.66. The van der Waals surface area contributed by atoms with Crippen LogP contribution in [0.4, 0.5) is 0 Å². The SMILES string of the molecule is CN1C(=O)C23CCCCN2C1C3.N[C@@H](CN=S(=O)=O)C(=O)O. The van der Waals surface area contributed by atoms with Gasteiger partial charge in [0.25, 0.3) is 0 Å². The van der Waals surface area contributed by atoms with Crippen molar-refractivity contribution >= 4 is 22.4 Å². The minimum Gasteiger partial charge on any atom is -0.480 e. The fourth-order valence-corrected chi connectivity index (χ4v) is 3.64. The monoisotopic (exact) mass is 332 g/mol. The highest BCUT2D eigenvalue weighted by Crippen LogP contribution is 2.51. The van der Waals surface area contributed by atoms with Crippen LogP contribution in [-0.2, 0) is 20.1 Å². The number of carboxylic acid groups (broad SMARTS) is 1. The molecule has 0 aromatic carbocycles. The van der Waals surface area contributed by atoms with Crippen LogP contribution in [0, 0.1) is 0 Å². The van der Waals surface area contributed by atoms with E-state index in [1.807, 2.05) is 11.9 Å². The highest BCUT2D eigenvalue weighted by molar-refractivity contribution is 7.61. The molecule has 124 valence electrons. The first-order valence-corrected chi connectivity index (χ1v) is 8.12. The van der Waals surface area contributed by atoms with E-state index < -0.39 is 29.1 Å². The molecule has 9 nitrogen and oxygen atoms in total. The Bertz CT molecular complexity index is 595. The molecule has 0 radical (unpaired) electrons. The Hall–Kier alpha value is -1.52. The maximum absolute atomic E-state index is 11.8. The number of nitrogens with zero attached hydrogens (tertiary/aromatic N) is 3. The summed E-state index contributed by atoms with van der Waals surface area (Å²) in [6, 6.07) is -1.24. The Labute approximate surface area is 129 Å². The molecular formula is C12H20N4O5S. The van der Waals surface area contributed by atoms with E-state index in [1.54, 1.807) is 0 Å². The third kappa shape index (κ3) is 2.85. The standard InChI is InChI=1S/C9H14N2O.C3H6N2O4S/c1-10-7-6-9(8(10)12)4-2-3-5-11(7)9;4-2(3(6)7)1-5-10(8)9/h7H,2-6H2,1H3;2H,1,4H2,(H,6,7)/t;2-/m.0/s1. The second kappa shape index (κ2) is 6.31. The van der Waals surface area contributed by atoms with Crippen molar-refractivity contribution in [2.45, 2.75) is 43.4 Å². The average Bonchev–Trinajstić information content (AvgIpc) is 2.81. The third-order valence-corrected chi connectivity index (χ3v) is 4.89. The number of carbonyl (C=O) groups excluding carboxylic acids is 1. The van der Waals surface area contributed by atoms with Crippen molar-refractivity contribution in [2.75, 3.05) is 20.1 Å². The first-order chi connectivity index (χ1) is 10.3. The summed E-state index contributed by atoms with van der Waals surface area (Å²) in [5.41, 5.74) is 4.88. The Morgan fingerprint density at radius 1 is 1.55 bits per heavy atom. The maximum atomic E-state index is 11.8. The van der Waals surface area contributed by atoms with Gasteiger partial charge in [-0.2, -0.15) is 12.8 Å². The predicted octanol–water partition coefficient (Wildman–Crippen LogP) is -1.13. The van der Waals surface area contributed by atoms with Gasteiger partial charge in [0.2, 0.25) is 5.91 Å². The number of nitrogens with two attached hydrogens (primary N) is 1. The van der Waals surface area contributed by atoms with E-state index in [0.29, 0.717) is 12.1 Å². The Morgan fingerprint density at radius 3 is 2.73 bits per heavy atom. The summed E-state index contributed by atoms with van der Waals surface area (Å²) in [6.45, 7) is 0.728. The third-order valence-electron chi connectivity index (χ3n) is 4.53. The topological polar surface area (TPSA) is 133 Å². The number of aliphatic carboxylic acids is 1. The van der Waals surface area contributed by atoms with Crippen molar-refractivity contribution in [3.63, 3.8) is 0 Å². The van der Waals surface area contributed by atoms with Crippen LogP contribution in [0.1, 0.15) is 25.7 Å². The normalized spacial score (nSPS) is 30.5. The van der Waals surface area contributed by atoms with Gasteiger partial charge in [-0.15, -0.1) is 0 Å². The molecule has 3 atom stereocenters. The molecule has 0 aliphatic carbocycles. The van der Waals surface area contributed by atoms with Crippen LogP contribution >= 0.6 is 0 Å². The molecule has 10 heteroatoms. The Kier molecular flexibility index (Phi) is 4.83. The first kappa shape index (κ1) is 16.8. The summed E-state index contributed by atoms with van der Waals surface area (Å²) in [4.78, 5) is 26.1. The van der Waals surface area contributed by atoms with Crippen LogP contribution < -0.4 is 5.73 Å². The van der Waals surface area contributed by atoms with Gasteiger partial charge >= 0.3 is 16.5 Å². The lowest BCUT2D eigenvalue weighted by Gasteiger charge is -2.51. The molecule has 1 amide bonds. The van der Waals surface area contributed by atoms with Gasteiger partial charge in [0.05, 0.1) is 12.7 Å². The van der Waals surface area contributed by atoms with E-state index in [2.05, 4.69) is 9.26 Å². The summed E-state index contributed by atoms with van der Waals surface area (Å²) >= 11 is 0. The van der Waals surface area contributed by atoms with E-state index in [-0.39, 0.29) is 5.54 Å². The van der Waals surface area contributed by atoms with Crippen molar-refractivity contribution in [3.05, 3.63) is 0 Å². The van der Waals surface area contributed by atoms with Crippen molar-refractivity contribution in [1.29, 1.82) is 0 Å². The lowest BCUT2D eigenvalue weighted by Crippen LogP contribution is -2.63. The van der Waals surface area contributed by atoms with Crippen LogP contribution in [0.2, 0.25) is 0 Å². The van der Waals surface area contributed by atoms with Gasteiger partial charge in [-0.1, -0.05) is 0 Å². The van der Waals surface area contributed by atoms with Gasteiger partial charge in [-0.25, -0.2) is 0 Å². The molecule has 0 aromatic heterocycles. The van der Waals surface area contributed by atoms with E-state index in [0.717, 1.165) is 19.4 Å². The maximum Gasteiger partial charge on any atom is 0.322 e. The number of rotatable bonds is 3. The van der Waals surface area contributed by atoms with Crippen LogP contribution in [0.5, 0.6) is 0 Å². The second-order valence-corrected chi connectivity index (χ2v) is 6.45. The van der Waals surface area contributed by atoms with E-state index in [4.69, 9.17) is 10.8 Å². The molecule has 2 bridgehead atoms. The molecule has 2 unspecified atom stereocenters. The quantitative estimate of drug-likeness (QED) is 0.668. The Morgan fingerprint density at radius 2 is 2.23 bits per heavy atom. The summed E-state index contributed by atoms with van der Waals surface area (Å²) < 4.78 is 22.3. The number of carbonyl (C=O) groups is 2. The van der Waals surface area contributed by atoms with Crippen LogP contribution in [0.3, 0.4) is 0 Å². The highest BCUT2D eigenvalue weighted by atomic mass is 32.2. The van der Waals surface area contributed by atoms with Crippen LogP contribution in [0.15, 0.2) is 4.36 Å². The number of hydrogen-bond donors (Lipinski definition) is 2. The van der Waals surface area contributed by atoms with Gasteiger partial charge in [-0.3, -0.25) is 14.5 Å². The molecule has 4 fully saturated rings. The number of carboxylic acids is 1. The lowest BCUT2D eigenvalue weighted by atomic mass is 9.78. The first-order valence-electron chi connectivity index (χ1n) is 7.09. The van der Waals surface area contributed by atoms with E-state index in [9.17, 15) is 18.0 Å². The number of amides is 1.